The molecule has 1 aromatic rings. The third-order valence-corrected chi connectivity index (χ3v) is 3.47. The number of anilines is 1. The number of carboxylic acids is 1. The molecule has 1 atom stereocenters. The number of aliphatic carboxylic acids is 1. The standard InChI is InChI=1S/C12H20N2O2S/c1-3-4-5-7-14(9-10(2)11(15)16)12-13-6-8-17-12/h6,8,10H,3-5,7,9H2,1-2H3,(H,15,16). The Labute approximate surface area is 106 Å². The zero-order valence-corrected chi connectivity index (χ0v) is 11.2. The van der Waals surface area contributed by atoms with Crippen LogP contribution in [-0.2, 0) is 4.79 Å². The number of rotatable bonds is 8. The molecule has 1 aromatic heterocycles. The van der Waals surface area contributed by atoms with Crippen LogP contribution in [0.5, 0.6) is 0 Å². The molecule has 17 heavy (non-hydrogen) atoms. The lowest BCUT2D eigenvalue weighted by atomic mass is 10.1. The van der Waals surface area contributed by atoms with Gasteiger partial charge in [-0.2, -0.15) is 0 Å². The highest BCUT2D eigenvalue weighted by Crippen LogP contribution is 2.19. The van der Waals surface area contributed by atoms with Crippen molar-refractivity contribution in [3.8, 4) is 0 Å². The lowest BCUT2D eigenvalue weighted by molar-refractivity contribution is -0.140. The highest BCUT2D eigenvalue weighted by atomic mass is 32.1. The van der Waals surface area contributed by atoms with Gasteiger partial charge in [0.2, 0.25) is 0 Å². The fourth-order valence-electron chi connectivity index (χ4n) is 1.60. The van der Waals surface area contributed by atoms with Gasteiger partial charge in [0.15, 0.2) is 5.13 Å². The summed E-state index contributed by atoms with van der Waals surface area (Å²) in [5.74, 6) is -1.11. The number of carbonyl (C=O) groups is 1. The molecule has 0 radical (unpaired) electrons. The number of carboxylic acid groups (broad SMARTS) is 1. The number of nitrogens with zero attached hydrogens (tertiary/aromatic N) is 2. The molecule has 0 spiro atoms. The second kappa shape index (κ2) is 7.27. The van der Waals surface area contributed by atoms with Gasteiger partial charge in [0.1, 0.15) is 0 Å². The molecule has 1 heterocycles. The van der Waals surface area contributed by atoms with Crippen LogP contribution in [0.4, 0.5) is 5.13 Å². The van der Waals surface area contributed by atoms with Crippen LogP contribution in [0.25, 0.3) is 0 Å². The van der Waals surface area contributed by atoms with E-state index in [1.807, 2.05) is 5.38 Å². The van der Waals surface area contributed by atoms with Crippen molar-refractivity contribution in [2.24, 2.45) is 5.92 Å². The van der Waals surface area contributed by atoms with E-state index in [1.54, 1.807) is 24.5 Å². The molecule has 0 fully saturated rings. The zero-order chi connectivity index (χ0) is 12.7. The summed E-state index contributed by atoms with van der Waals surface area (Å²) in [5.41, 5.74) is 0. The molecule has 0 saturated heterocycles. The average molecular weight is 256 g/mol. The third-order valence-electron chi connectivity index (χ3n) is 2.64. The van der Waals surface area contributed by atoms with E-state index in [1.165, 1.54) is 12.8 Å². The summed E-state index contributed by atoms with van der Waals surface area (Å²) in [4.78, 5) is 17.2. The van der Waals surface area contributed by atoms with Gasteiger partial charge in [0.25, 0.3) is 0 Å². The number of unbranched alkanes of at least 4 members (excludes halogenated alkanes) is 2. The van der Waals surface area contributed by atoms with E-state index >= 15 is 0 Å². The van der Waals surface area contributed by atoms with E-state index in [-0.39, 0.29) is 5.92 Å². The van der Waals surface area contributed by atoms with Crippen molar-refractivity contribution < 1.29 is 9.90 Å². The molecule has 0 amide bonds. The Kier molecular flexibility index (Phi) is 5.97. The molecule has 1 N–H and O–H groups in total. The van der Waals surface area contributed by atoms with Gasteiger partial charge in [-0.3, -0.25) is 4.79 Å². The summed E-state index contributed by atoms with van der Waals surface area (Å²) in [7, 11) is 0. The van der Waals surface area contributed by atoms with Gasteiger partial charge in [-0.05, 0) is 6.42 Å². The van der Waals surface area contributed by atoms with E-state index in [0.29, 0.717) is 6.54 Å². The Morgan fingerprint density at radius 3 is 2.88 bits per heavy atom. The van der Waals surface area contributed by atoms with Crippen molar-refractivity contribution in [3.05, 3.63) is 11.6 Å². The van der Waals surface area contributed by atoms with Gasteiger partial charge in [-0.25, -0.2) is 4.98 Å². The lowest BCUT2D eigenvalue weighted by Gasteiger charge is -2.23. The van der Waals surface area contributed by atoms with Crippen LogP contribution in [0.1, 0.15) is 33.1 Å². The first-order valence-corrected chi connectivity index (χ1v) is 6.90. The minimum atomic E-state index is -0.748. The normalized spacial score (nSPS) is 12.4. The topological polar surface area (TPSA) is 53.4 Å². The Morgan fingerprint density at radius 1 is 1.59 bits per heavy atom. The summed E-state index contributed by atoms with van der Waals surface area (Å²) in [6.07, 6.45) is 5.18. The van der Waals surface area contributed by atoms with Gasteiger partial charge in [-0.15, -0.1) is 11.3 Å². The first kappa shape index (κ1) is 14.0. The van der Waals surface area contributed by atoms with Crippen molar-refractivity contribution in [3.63, 3.8) is 0 Å². The number of hydrogen-bond acceptors (Lipinski definition) is 4. The molecule has 4 nitrogen and oxygen atoms in total. The fourth-order valence-corrected chi connectivity index (χ4v) is 2.28. The summed E-state index contributed by atoms with van der Waals surface area (Å²) < 4.78 is 0. The Morgan fingerprint density at radius 2 is 2.35 bits per heavy atom. The summed E-state index contributed by atoms with van der Waals surface area (Å²) in [6.45, 7) is 5.32. The molecule has 0 bridgehead atoms. The number of hydrogen-bond donors (Lipinski definition) is 1. The monoisotopic (exact) mass is 256 g/mol. The maximum absolute atomic E-state index is 10.9. The van der Waals surface area contributed by atoms with Crippen LogP contribution >= 0.6 is 11.3 Å². The van der Waals surface area contributed by atoms with Crippen molar-refractivity contribution in [2.75, 3.05) is 18.0 Å². The average Bonchev–Trinajstić information content (AvgIpc) is 2.81. The van der Waals surface area contributed by atoms with Crippen LogP contribution in [-0.4, -0.2) is 29.1 Å². The second-order valence-electron chi connectivity index (χ2n) is 4.21. The first-order chi connectivity index (χ1) is 8.15. The molecule has 0 aromatic carbocycles. The second-order valence-corrected chi connectivity index (χ2v) is 5.08. The molecule has 0 aliphatic carbocycles. The highest BCUT2D eigenvalue weighted by molar-refractivity contribution is 7.13. The Bertz CT molecular complexity index is 327. The highest BCUT2D eigenvalue weighted by Gasteiger charge is 2.17. The molecular formula is C12H20N2O2S. The minimum absolute atomic E-state index is 0.361. The van der Waals surface area contributed by atoms with Crippen molar-refractivity contribution in [1.82, 2.24) is 4.98 Å². The fraction of sp³-hybridized carbons (Fsp3) is 0.667. The van der Waals surface area contributed by atoms with Crippen LogP contribution < -0.4 is 4.90 Å². The molecule has 1 rings (SSSR count). The maximum atomic E-state index is 10.9. The maximum Gasteiger partial charge on any atom is 0.308 e. The number of aromatic nitrogens is 1. The number of thiazole rings is 1. The smallest absolute Gasteiger partial charge is 0.308 e. The van der Waals surface area contributed by atoms with Crippen molar-refractivity contribution in [2.45, 2.75) is 33.1 Å². The third kappa shape index (κ3) is 4.73. The minimum Gasteiger partial charge on any atom is -0.481 e. The SMILES string of the molecule is CCCCCN(CC(C)C(=O)O)c1nccs1. The molecular weight excluding hydrogens is 236 g/mol. The Balaban J connectivity index is 2.56. The molecule has 0 aliphatic heterocycles. The van der Waals surface area contributed by atoms with Crippen LogP contribution in [0, 0.1) is 5.92 Å². The molecule has 0 saturated carbocycles. The summed E-state index contributed by atoms with van der Waals surface area (Å²) >= 11 is 1.56. The van der Waals surface area contributed by atoms with Crippen LogP contribution in [0.3, 0.4) is 0 Å². The largest absolute Gasteiger partial charge is 0.481 e. The summed E-state index contributed by atoms with van der Waals surface area (Å²) in [6, 6.07) is 0. The van der Waals surface area contributed by atoms with Gasteiger partial charge < -0.3 is 10.0 Å². The molecule has 96 valence electrons. The van der Waals surface area contributed by atoms with Crippen LogP contribution in [0.2, 0.25) is 0 Å². The zero-order valence-electron chi connectivity index (χ0n) is 10.4. The van der Waals surface area contributed by atoms with E-state index in [4.69, 9.17) is 5.11 Å². The first-order valence-electron chi connectivity index (χ1n) is 6.02. The van der Waals surface area contributed by atoms with Gasteiger partial charge in [0, 0.05) is 24.7 Å². The van der Waals surface area contributed by atoms with E-state index in [2.05, 4.69) is 16.8 Å². The molecule has 0 aliphatic rings. The van der Waals surface area contributed by atoms with Gasteiger partial charge in [0.05, 0.1) is 5.92 Å². The summed E-state index contributed by atoms with van der Waals surface area (Å²) in [5, 5.41) is 11.8. The molecule has 5 heteroatoms. The molecule has 1 unspecified atom stereocenters. The predicted octanol–water partition coefficient (Wildman–Crippen LogP) is 2.86. The van der Waals surface area contributed by atoms with E-state index < -0.39 is 5.97 Å². The van der Waals surface area contributed by atoms with Gasteiger partial charge >= 0.3 is 5.97 Å². The lowest BCUT2D eigenvalue weighted by Crippen LogP contribution is -2.32. The van der Waals surface area contributed by atoms with Crippen molar-refractivity contribution in [1.29, 1.82) is 0 Å². The van der Waals surface area contributed by atoms with E-state index in [0.717, 1.165) is 18.1 Å². The quantitative estimate of drug-likeness (QED) is 0.727. The van der Waals surface area contributed by atoms with Gasteiger partial charge in [-0.1, -0.05) is 26.7 Å². The predicted molar refractivity (Wildman–Crippen MR) is 70.7 cm³/mol. The van der Waals surface area contributed by atoms with Crippen molar-refractivity contribution >= 4 is 22.4 Å². The van der Waals surface area contributed by atoms with Crippen LogP contribution in [0.15, 0.2) is 11.6 Å². The Hall–Kier alpha value is -1.10. The van der Waals surface area contributed by atoms with E-state index in [9.17, 15) is 4.79 Å².